The second-order valence-corrected chi connectivity index (χ2v) is 4.57. The number of anilines is 1. The van der Waals surface area contributed by atoms with E-state index in [1.807, 2.05) is 24.3 Å². The molecule has 0 amide bonds. The first kappa shape index (κ1) is 12.9. The molecule has 0 unspecified atom stereocenters. The number of aromatic nitrogens is 2. The number of benzene rings is 2. The maximum atomic E-state index is 10.2. The van der Waals surface area contributed by atoms with E-state index >= 15 is 0 Å². The van der Waals surface area contributed by atoms with Gasteiger partial charge in [0.1, 0.15) is 11.4 Å². The standard InChI is InChI=1S/C17H13N3O/c1-3-11-8-9-14(15(21)10-11)16-12-6-4-5-7-13(12)17(18-2)20-19-16/h1,4-10,21H,2H3,(H,18,20). The first-order valence-electron chi connectivity index (χ1n) is 6.47. The van der Waals surface area contributed by atoms with Crippen molar-refractivity contribution in [1.29, 1.82) is 0 Å². The highest BCUT2D eigenvalue weighted by molar-refractivity contribution is 6.00. The Bertz CT molecular complexity index is 866. The molecule has 2 aromatic carbocycles. The van der Waals surface area contributed by atoms with Gasteiger partial charge in [0.15, 0.2) is 5.82 Å². The molecule has 0 saturated heterocycles. The number of phenols is 1. The van der Waals surface area contributed by atoms with Crippen molar-refractivity contribution in [2.75, 3.05) is 12.4 Å². The summed E-state index contributed by atoms with van der Waals surface area (Å²) < 4.78 is 0. The van der Waals surface area contributed by atoms with Crippen molar-refractivity contribution >= 4 is 16.6 Å². The van der Waals surface area contributed by atoms with Crippen LogP contribution in [0.15, 0.2) is 42.5 Å². The zero-order chi connectivity index (χ0) is 14.8. The molecule has 3 aromatic rings. The third-order valence-corrected chi connectivity index (χ3v) is 3.34. The van der Waals surface area contributed by atoms with E-state index in [9.17, 15) is 5.11 Å². The highest BCUT2D eigenvalue weighted by Gasteiger charge is 2.13. The van der Waals surface area contributed by atoms with Gasteiger partial charge in [0.25, 0.3) is 0 Å². The number of rotatable bonds is 2. The largest absolute Gasteiger partial charge is 0.507 e. The summed E-state index contributed by atoms with van der Waals surface area (Å²) >= 11 is 0. The van der Waals surface area contributed by atoms with Gasteiger partial charge in [0.05, 0.1) is 0 Å². The zero-order valence-electron chi connectivity index (χ0n) is 11.5. The van der Waals surface area contributed by atoms with Crippen molar-refractivity contribution in [2.24, 2.45) is 0 Å². The second-order valence-electron chi connectivity index (χ2n) is 4.57. The van der Waals surface area contributed by atoms with E-state index in [-0.39, 0.29) is 5.75 Å². The Morgan fingerprint density at radius 2 is 1.86 bits per heavy atom. The van der Waals surface area contributed by atoms with Gasteiger partial charge in [0, 0.05) is 28.9 Å². The molecule has 3 rings (SSSR count). The smallest absolute Gasteiger partial charge is 0.156 e. The molecule has 21 heavy (non-hydrogen) atoms. The van der Waals surface area contributed by atoms with Crippen LogP contribution in [0.1, 0.15) is 5.56 Å². The molecule has 1 aromatic heterocycles. The normalized spacial score (nSPS) is 10.3. The van der Waals surface area contributed by atoms with E-state index in [1.54, 1.807) is 25.2 Å². The van der Waals surface area contributed by atoms with Gasteiger partial charge in [-0.15, -0.1) is 16.6 Å². The minimum atomic E-state index is 0.0992. The molecule has 4 nitrogen and oxygen atoms in total. The molecule has 0 bridgehead atoms. The molecular formula is C17H13N3O. The van der Waals surface area contributed by atoms with Gasteiger partial charge in [-0.05, 0) is 18.2 Å². The number of hydrogen-bond donors (Lipinski definition) is 2. The van der Waals surface area contributed by atoms with Crippen LogP contribution in [-0.4, -0.2) is 22.4 Å². The predicted molar refractivity (Wildman–Crippen MR) is 84.1 cm³/mol. The molecule has 0 saturated carbocycles. The Morgan fingerprint density at radius 1 is 1.10 bits per heavy atom. The molecule has 1 heterocycles. The van der Waals surface area contributed by atoms with Gasteiger partial charge in [-0.2, -0.15) is 0 Å². The summed E-state index contributed by atoms with van der Waals surface area (Å²) in [6.07, 6.45) is 5.34. The van der Waals surface area contributed by atoms with Crippen LogP contribution in [0, 0.1) is 12.3 Å². The molecule has 0 atom stereocenters. The van der Waals surface area contributed by atoms with E-state index in [0.29, 0.717) is 22.6 Å². The number of nitrogens with zero attached hydrogens (tertiary/aromatic N) is 2. The van der Waals surface area contributed by atoms with Crippen molar-refractivity contribution in [3.8, 4) is 29.4 Å². The van der Waals surface area contributed by atoms with Gasteiger partial charge in [0.2, 0.25) is 0 Å². The number of hydrogen-bond acceptors (Lipinski definition) is 4. The quantitative estimate of drug-likeness (QED) is 0.706. The first-order valence-corrected chi connectivity index (χ1v) is 6.47. The Morgan fingerprint density at radius 3 is 2.52 bits per heavy atom. The van der Waals surface area contributed by atoms with Crippen LogP contribution in [0.4, 0.5) is 5.82 Å². The highest BCUT2D eigenvalue weighted by Crippen LogP contribution is 2.34. The summed E-state index contributed by atoms with van der Waals surface area (Å²) in [6.45, 7) is 0. The summed E-state index contributed by atoms with van der Waals surface area (Å²) in [5.74, 6) is 3.30. The van der Waals surface area contributed by atoms with E-state index in [2.05, 4.69) is 21.4 Å². The minimum absolute atomic E-state index is 0.0992. The molecule has 0 aliphatic carbocycles. The predicted octanol–water partition coefficient (Wildman–Crippen LogP) is 3.03. The highest BCUT2D eigenvalue weighted by atomic mass is 16.3. The second kappa shape index (κ2) is 5.14. The number of terminal acetylenes is 1. The molecule has 0 radical (unpaired) electrons. The minimum Gasteiger partial charge on any atom is -0.507 e. The van der Waals surface area contributed by atoms with Crippen LogP contribution in [0.3, 0.4) is 0 Å². The Hall–Kier alpha value is -3.06. The number of phenolic OH excluding ortho intramolecular Hbond substituents is 1. The maximum Gasteiger partial charge on any atom is 0.156 e. The van der Waals surface area contributed by atoms with Crippen LogP contribution >= 0.6 is 0 Å². The molecule has 4 heteroatoms. The first-order chi connectivity index (χ1) is 10.2. The third kappa shape index (κ3) is 2.15. The number of fused-ring (bicyclic) bond motifs is 1. The van der Waals surface area contributed by atoms with Crippen molar-refractivity contribution in [1.82, 2.24) is 10.2 Å². The molecule has 0 fully saturated rings. The van der Waals surface area contributed by atoms with Crippen LogP contribution in [-0.2, 0) is 0 Å². The van der Waals surface area contributed by atoms with Gasteiger partial charge in [-0.3, -0.25) is 0 Å². The van der Waals surface area contributed by atoms with Crippen LogP contribution in [0.5, 0.6) is 5.75 Å². The van der Waals surface area contributed by atoms with Gasteiger partial charge in [-0.25, -0.2) is 0 Å². The molecule has 0 aliphatic rings. The van der Waals surface area contributed by atoms with Crippen molar-refractivity contribution < 1.29 is 5.11 Å². The summed E-state index contributed by atoms with van der Waals surface area (Å²) in [5, 5.41) is 23.5. The van der Waals surface area contributed by atoms with Crippen molar-refractivity contribution in [3.63, 3.8) is 0 Å². The fourth-order valence-electron chi connectivity index (χ4n) is 2.31. The zero-order valence-corrected chi connectivity index (χ0v) is 11.5. The van der Waals surface area contributed by atoms with Gasteiger partial charge >= 0.3 is 0 Å². The summed E-state index contributed by atoms with van der Waals surface area (Å²) in [7, 11) is 1.80. The average molecular weight is 275 g/mol. The van der Waals surface area contributed by atoms with Crippen molar-refractivity contribution in [3.05, 3.63) is 48.0 Å². The lowest BCUT2D eigenvalue weighted by atomic mass is 10.0. The maximum absolute atomic E-state index is 10.2. The van der Waals surface area contributed by atoms with E-state index in [0.717, 1.165) is 10.8 Å². The third-order valence-electron chi connectivity index (χ3n) is 3.34. The fourth-order valence-corrected chi connectivity index (χ4v) is 2.31. The van der Waals surface area contributed by atoms with E-state index in [4.69, 9.17) is 6.42 Å². The van der Waals surface area contributed by atoms with Crippen LogP contribution < -0.4 is 5.32 Å². The fraction of sp³-hybridized carbons (Fsp3) is 0.0588. The monoisotopic (exact) mass is 275 g/mol. The molecule has 0 aliphatic heterocycles. The lowest BCUT2D eigenvalue weighted by Crippen LogP contribution is -1.98. The number of nitrogens with one attached hydrogen (secondary N) is 1. The van der Waals surface area contributed by atoms with E-state index in [1.165, 1.54) is 0 Å². The summed E-state index contributed by atoms with van der Waals surface area (Å²) in [5.41, 5.74) is 1.87. The lowest BCUT2D eigenvalue weighted by molar-refractivity contribution is 0.477. The Labute approximate surface area is 122 Å². The molecular weight excluding hydrogens is 262 g/mol. The topological polar surface area (TPSA) is 58.0 Å². The van der Waals surface area contributed by atoms with Gasteiger partial charge in [-0.1, -0.05) is 30.2 Å². The lowest BCUT2D eigenvalue weighted by Gasteiger charge is -2.10. The van der Waals surface area contributed by atoms with Gasteiger partial charge < -0.3 is 10.4 Å². The van der Waals surface area contributed by atoms with Crippen LogP contribution in [0.25, 0.3) is 22.0 Å². The van der Waals surface area contributed by atoms with E-state index < -0.39 is 0 Å². The SMILES string of the molecule is C#Cc1ccc(-c2nnc(NC)c3ccccc23)c(O)c1. The van der Waals surface area contributed by atoms with Crippen molar-refractivity contribution in [2.45, 2.75) is 0 Å². The number of aromatic hydroxyl groups is 1. The molecule has 0 spiro atoms. The molecule has 102 valence electrons. The Kier molecular flexibility index (Phi) is 3.17. The average Bonchev–Trinajstić information content (AvgIpc) is 2.54. The van der Waals surface area contributed by atoms with Crippen LogP contribution in [0.2, 0.25) is 0 Å². The summed E-state index contributed by atoms with van der Waals surface area (Å²) in [4.78, 5) is 0. The molecule has 2 N–H and O–H groups in total. The Balaban J connectivity index is 2.29. The summed E-state index contributed by atoms with van der Waals surface area (Å²) in [6, 6.07) is 12.9.